The maximum Gasteiger partial charge on any atom is 0.0629 e. The van der Waals surface area contributed by atoms with E-state index < -0.39 is 0 Å². The average Bonchev–Trinajstić information content (AvgIpc) is 3.62. The Morgan fingerprint density at radius 1 is 0.659 bits per heavy atom. The monoisotopic (exact) mass is 570 g/mol. The van der Waals surface area contributed by atoms with Crippen LogP contribution in [0.2, 0.25) is 0 Å². The van der Waals surface area contributed by atoms with Crippen molar-refractivity contribution in [1.29, 1.82) is 0 Å². The first-order valence-electron chi connectivity index (χ1n) is 16.6. The zero-order chi connectivity index (χ0) is 29.1. The molecule has 1 fully saturated rings. The van der Waals surface area contributed by atoms with Gasteiger partial charge >= 0.3 is 0 Å². The second kappa shape index (κ2) is 10.3. The quantitative estimate of drug-likeness (QED) is 0.209. The second-order valence-corrected chi connectivity index (χ2v) is 13.1. The molecule has 2 atom stereocenters. The lowest BCUT2D eigenvalue weighted by Crippen LogP contribution is -2.31. The molecule has 3 aliphatic carbocycles. The number of nitrogens with zero attached hydrogens (tertiary/aromatic N) is 2. The number of rotatable bonds is 4. The molecule has 2 nitrogen and oxygen atoms in total. The zero-order valence-electron chi connectivity index (χ0n) is 25.2. The fourth-order valence-electron chi connectivity index (χ4n) is 8.83. The van der Waals surface area contributed by atoms with E-state index in [2.05, 4.69) is 143 Å². The number of anilines is 2. The maximum absolute atomic E-state index is 2.55. The highest BCUT2D eigenvalue weighted by Gasteiger charge is 2.39. The summed E-state index contributed by atoms with van der Waals surface area (Å²) >= 11 is 0. The van der Waals surface area contributed by atoms with Gasteiger partial charge in [0, 0.05) is 45.0 Å². The molecule has 0 radical (unpaired) electrons. The van der Waals surface area contributed by atoms with Gasteiger partial charge in [0.25, 0.3) is 0 Å². The third-order valence-electron chi connectivity index (χ3n) is 10.9. The van der Waals surface area contributed by atoms with Crippen LogP contribution in [0.15, 0.2) is 127 Å². The molecule has 1 aliphatic heterocycles. The van der Waals surface area contributed by atoms with Gasteiger partial charge in [0.15, 0.2) is 0 Å². The Kier molecular flexibility index (Phi) is 6.04. The summed E-state index contributed by atoms with van der Waals surface area (Å²) in [5.74, 6) is 0.415. The predicted octanol–water partition coefficient (Wildman–Crippen LogP) is 10.6. The largest absolute Gasteiger partial charge is 0.333 e. The molecule has 0 N–H and O–H groups in total. The van der Waals surface area contributed by atoms with Crippen LogP contribution in [0.3, 0.4) is 0 Å². The van der Waals surface area contributed by atoms with E-state index in [4.69, 9.17) is 0 Å². The van der Waals surface area contributed by atoms with E-state index in [0.717, 1.165) is 12.8 Å². The molecule has 0 bridgehead atoms. The van der Waals surface area contributed by atoms with Crippen molar-refractivity contribution in [2.45, 2.75) is 62.3 Å². The summed E-state index contributed by atoms with van der Waals surface area (Å²) in [5, 5.41) is 1.36. The molecule has 44 heavy (non-hydrogen) atoms. The second-order valence-electron chi connectivity index (χ2n) is 13.1. The lowest BCUT2D eigenvalue weighted by molar-refractivity contribution is 0.346. The molecule has 4 aliphatic rings. The number of hydrogen-bond donors (Lipinski definition) is 0. The van der Waals surface area contributed by atoms with Crippen LogP contribution in [0.4, 0.5) is 11.4 Å². The van der Waals surface area contributed by atoms with Crippen molar-refractivity contribution in [3.8, 4) is 5.69 Å². The van der Waals surface area contributed by atoms with E-state index in [9.17, 15) is 0 Å². The molecule has 2 unspecified atom stereocenters. The minimum Gasteiger partial charge on any atom is -0.333 e. The van der Waals surface area contributed by atoms with E-state index in [-0.39, 0.29) is 5.41 Å². The average molecular weight is 571 g/mol. The maximum atomic E-state index is 2.55. The van der Waals surface area contributed by atoms with Crippen molar-refractivity contribution in [3.05, 3.63) is 155 Å². The third kappa shape index (κ3) is 3.86. The number of benzene rings is 4. The van der Waals surface area contributed by atoms with Gasteiger partial charge in [-0.05, 0) is 78.8 Å². The van der Waals surface area contributed by atoms with Crippen LogP contribution in [0.5, 0.6) is 0 Å². The van der Waals surface area contributed by atoms with Gasteiger partial charge in [0.2, 0.25) is 0 Å². The Balaban J connectivity index is 1.09. The minimum atomic E-state index is 0.0646. The summed E-state index contributed by atoms with van der Waals surface area (Å²) in [6, 6.07) is 37.5. The molecule has 5 aromatic rings. The lowest BCUT2D eigenvalue weighted by Gasteiger charge is -2.39. The van der Waals surface area contributed by atoms with Crippen LogP contribution in [0.25, 0.3) is 22.7 Å². The topological polar surface area (TPSA) is 8.17 Å². The molecule has 2 heteroatoms. The van der Waals surface area contributed by atoms with Gasteiger partial charge in [-0.1, -0.05) is 116 Å². The van der Waals surface area contributed by atoms with Crippen LogP contribution < -0.4 is 4.90 Å². The number of allylic oxidation sites excluding steroid dienone is 3. The van der Waals surface area contributed by atoms with Crippen LogP contribution in [-0.2, 0) is 11.8 Å². The van der Waals surface area contributed by atoms with Gasteiger partial charge in [0.1, 0.15) is 0 Å². The van der Waals surface area contributed by atoms with Gasteiger partial charge < -0.3 is 9.47 Å². The zero-order valence-corrected chi connectivity index (χ0v) is 25.2. The van der Waals surface area contributed by atoms with E-state index in [1.807, 2.05) is 0 Å². The fraction of sp³-hybridized carbons (Fsp3) is 0.238. The number of para-hydroxylation sites is 2. The van der Waals surface area contributed by atoms with Crippen molar-refractivity contribution < 1.29 is 0 Å². The normalized spacial score (nSPS) is 21.3. The van der Waals surface area contributed by atoms with Gasteiger partial charge in [-0.25, -0.2) is 0 Å². The van der Waals surface area contributed by atoms with Gasteiger partial charge in [-0.3, -0.25) is 0 Å². The molecule has 0 saturated heterocycles. The third-order valence-corrected chi connectivity index (χ3v) is 10.9. The molecule has 216 valence electrons. The molecule has 2 heterocycles. The standard InChI is InChI=1S/C42H38N2/c1-10-28-42(29-11-1,30-20-24-32(25-21-30)43-38-16-6-2-12-34(38)35-13-3-7-17-39(35)43)31-22-26-33(27-23-31)44-40-18-8-4-14-36(40)37-15-5-9-19-41(37)44/h2-8,12-18,20-27,34,38H,1,9-11,19,28-29H2. The van der Waals surface area contributed by atoms with Crippen molar-refractivity contribution in [1.82, 2.24) is 4.57 Å². The Bertz CT molecular complexity index is 1940. The highest BCUT2D eigenvalue weighted by molar-refractivity contribution is 5.93. The van der Waals surface area contributed by atoms with Gasteiger partial charge in [-0.15, -0.1) is 0 Å². The number of fused-ring (bicyclic) bond motifs is 6. The Hall–Kier alpha value is -4.56. The fourth-order valence-corrected chi connectivity index (χ4v) is 8.83. The summed E-state index contributed by atoms with van der Waals surface area (Å²) in [6.45, 7) is 0. The lowest BCUT2D eigenvalue weighted by atomic mass is 9.65. The summed E-state index contributed by atoms with van der Waals surface area (Å²) in [6.07, 6.45) is 22.3. The summed E-state index contributed by atoms with van der Waals surface area (Å²) in [5.41, 5.74) is 12.5. The Labute approximate surface area is 260 Å². The highest BCUT2D eigenvalue weighted by atomic mass is 15.2. The molecule has 4 aromatic carbocycles. The Morgan fingerprint density at radius 2 is 1.36 bits per heavy atom. The van der Waals surface area contributed by atoms with E-state index in [1.165, 1.54) is 88.0 Å². The number of hydrogen-bond acceptors (Lipinski definition) is 1. The predicted molar refractivity (Wildman–Crippen MR) is 184 cm³/mol. The van der Waals surface area contributed by atoms with Crippen LogP contribution in [0, 0.1) is 0 Å². The van der Waals surface area contributed by atoms with Gasteiger partial charge in [-0.2, -0.15) is 0 Å². The smallest absolute Gasteiger partial charge is 0.0629 e. The highest BCUT2D eigenvalue weighted by Crippen LogP contribution is 2.49. The van der Waals surface area contributed by atoms with Crippen molar-refractivity contribution in [2.24, 2.45) is 0 Å². The van der Waals surface area contributed by atoms with Crippen molar-refractivity contribution in [3.63, 3.8) is 0 Å². The van der Waals surface area contributed by atoms with Crippen molar-refractivity contribution >= 4 is 28.4 Å². The minimum absolute atomic E-state index is 0.0646. The van der Waals surface area contributed by atoms with E-state index >= 15 is 0 Å². The summed E-state index contributed by atoms with van der Waals surface area (Å²) in [4.78, 5) is 2.55. The first kappa shape index (κ1) is 25.9. The van der Waals surface area contributed by atoms with Gasteiger partial charge in [0.05, 0.1) is 11.6 Å². The Morgan fingerprint density at radius 3 is 2.18 bits per heavy atom. The van der Waals surface area contributed by atoms with Crippen LogP contribution >= 0.6 is 0 Å². The van der Waals surface area contributed by atoms with E-state index in [0.29, 0.717) is 12.0 Å². The first-order chi connectivity index (χ1) is 21.8. The molecule has 9 rings (SSSR count). The molecule has 1 aromatic heterocycles. The van der Waals surface area contributed by atoms with Crippen molar-refractivity contribution in [2.75, 3.05) is 4.90 Å². The molecular weight excluding hydrogens is 532 g/mol. The molecular formula is C42H38N2. The molecule has 1 saturated carbocycles. The summed E-state index contributed by atoms with van der Waals surface area (Å²) < 4.78 is 2.51. The number of aromatic nitrogens is 1. The molecule has 0 amide bonds. The molecule has 0 spiro atoms. The first-order valence-corrected chi connectivity index (χ1v) is 16.6. The van der Waals surface area contributed by atoms with E-state index in [1.54, 1.807) is 0 Å². The SMILES string of the molecule is C1=CC2c3ccccc3N(c3ccc(C4(c5ccc(-n6c7c(c8ccccc86)C=CCC7)cc5)CCCCC4)cc3)C2C=C1. The van der Waals surface area contributed by atoms with Crippen LogP contribution in [0.1, 0.15) is 72.4 Å². The summed E-state index contributed by atoms with van der Waals surface area (Å²) in [7, 11) is 0. The van der Waals surface area contributed by atoms with Crippen LogP contribution in [-0.4, -0.2) is 10.6 Å².